The number of amides is 1. The Morgan fingerprint density at radius 2 is 2.08 bits per heavy atom. The van der Waals surface area contributed by atoms with E-state index in [1.807, 2.05) is 20.0 Å². The first-order chi connectivity index (χ1) is 11.8. The van der Waals surface area contributed by atoms with E-state index in [1.54, 1.807) is 4.68 Å². The summed E-state index contributed by atoms with van der Waals surface area (Å²) in [6.07, 6.45) is 6.43. The van der Waals surface area contributed by atoms with Gasteiger partial charge in [-0.25, -0.2) is 0 Å². The Bertz CT molecular complexity index is 739. The molecule has 1 aliphatic carbocycles. The van der Waals surface area contributed by atoms with Crippen LogP contribution >= 0.6 is 0 Å². The minimum atomic E-state index is -3.72. The van der Waals surface area contributed by atoms with Crippen LogP contribution in [0.15, 0.2) is 6.20 Å². The van der Waals surface area contributed by atoms with Crippen molar-refractivity contribution in [3.05, 3.63) is 17.5 Å². The van der Waals surface area contributed by atoms with E-state index in [1.165, 1.54) is 7.05 Å². The highest BCUT2D eigenvalue weighted by molar-refractivity contribution is 7.87. The first kappa shape index (κ1) is 18.3. The Balaban J connectivity index is 1.82. The number of nitrogens with zero attached hydrogens (tertiary/aromatic N) is 3. The summed E-state index contributed by atoms with van der Waals surface area (Å²) in [5, 5.41) is 7.42. The molecular formula is C16H27N5O3S. The third kappa shape index (κ3) is 3.73. The number of hydrogen-bond acceptors (Lipinski definition) is 4. The number of carbonyl (C=O) groups excluding carboxylic acids is 1. The Morgan fingerprint density at radius 3 is 2.68 bits per heavy atom. The fourth-order valence-corrected chi connectivity index (χ4v) is 4.98. The van der Waals surface area contributed by atoms with Crippen LogP contribution < -0.4 is 10.0 Å². The van der Waals surface area contributed by atoms with Gasteiger partial charge < -0.3 is 5.32 Å². The van der Waals surface area contributed by atoms with E-state index < -0.39 is 22.3 Å². The number of rotatable bonds is 4. The molecule has 2 heterocycles. The highest BCUT2D eigenvalue weighted by atomic mass is 32.2. The monoisotopic (exact) mass is 369 g/mol. The van der Waals surface area contributed by atoms with Gasteiger partial charge in [0.15, 0.2) is 0 Å². The predicted octanol–water partition coefficient (Wildman–Crippen LogP) is 0.850. The van der Waals surface area contributed by atoms with Crippen molar-refractivity contribution in [2.24, 2.45) is 0 Å². The van der Waals surface area contributed by atoms with Gasteiger partial charge in [0, 0.05) is 31.4 Å². The molecule has 0 aromatic carbocycles. The Morgan fingerprint density at radius 1 is 1.40 bits per heavy atom. The van der Waals surface area contributed by atoms with Gasteiger partial charge in [-0.1, -0.05) is 12.8 Å². The average molecular weight is 369 g/mol. The quantitative estimate of drug-likeness (QED) is 0.822. The molecule has 1 saturated carbocycles. The van der Waals surface area contributed by atoms with Crippen LogP contribution in [0.25, 0.3) is 0 Å². The lowest BCUT2D eigenvalue weighted by atomic mass is 10.00. The maximum atomic E-state index is 12.7. The van der Waals surface area contributed by atoms with Crippen molar-refractivity contribution in [3.63, 3.8) is 0 Å². The van der Waals surface area contributed by atoms with Crippen molar-refractivity contribution in [3.8, 4) is 0 Å². The maximum absolute atomic E-state index is 12.7. The van der Waals surface area contributed by atoms with Crippen molar-refractivity contribution in [2.45, 2.75) is 70.6 Å². The normalized spacial score (nSPS) is 27.5. The van der Waals surface area contributed by atoms with E-state index in [2.05, 4.69) is 15.1 Å². The number of aryl methyl sites for hydroxylation is 2. The fourth-order valence-electron chi connectivity index (χ4n) is 3.72. The molecular weight excluding hydrogens is 342 g/mol. The highest BCUT2D eigenvalue weighted by Gasteiger charge is 2.41. The van der Waals surface area contributed by atoms with Crippen LogP contribution in [0.3, 0.4) is 0 Å². The van der Waals surface area contributed by atoms with Gasteiger partial charge in [0.25, 0.3) is 10.2 Å². The summed E-state index contributed by atoms with van der Waals surface area (Å²) in [6, 6.07) is -0.983. The van der Waals surface area contributed by atoms with E-state index >= 15 is 0 Å². The number of likely N-dealkylation sites (N-methyl/N-ethyl adjacent to an activating group) is 1. The van der Waals surface area contributed by atoms with E-state index in [0.29, 0.717) is 13.0 Å². The molecule has 1 saturated heterocycles. The number of carbonyl (C=O) groups is 1. The summed E-state index contributed by atoms with van der Waals surface area (Å²) < 4.78 is 30.6. The molecule has 0 unspecified atom stereocenters. The molecule has 0 bridgehead atoms. The standard InChI is InChI=1S/C16H27N5O3S/c1-4-21-10-13(11(2)18-21)14-9-15(20(3)25(23,24)19-14)16(22)17-12-7-5-6-8-12/h10,12,14-15,19H,4-9H2,1-3H3,(H,17,22)/t14-,15-/m0/s1. The van der Waals surface area contributed by atoms with Gasteiger partial charge in [0.05, 0.1) is 11.7 Å². The molecule has 1 aromatic heterocycles. The van der Waals surface area contributed by atoms with Crippen molar-refractivity contribution in [1.29, 1.82) is 0 Å². The largest absolute Gasteiger partial charge is 0.352 e. The smallest absolute Gasteiger partial charge is 0.280 e. The summed E-state index contributed by atoms with van der Waals surface area (Å²) >= 11 is 0. The zero-order valence-corrected chi connectivity index (χ0v) is 15.8. The SMILES string of the molecule is CCn1cc([C@@H]2C[C@@H](C(=O)NC3CCCC3)N(C)S(=O)(=O)N2)c(C)n1. The Kier molecular flexibility index (Phi) is 5.17. The lowest BCUT2D eigenvalue weighted by Gasteiger charge is -2.36. The maximum Gasteiger partial charge on any atom is 0.280 e. The molecule has 2 fully saturated rings. The molecule has 25 heavy (non-hydrogen) atoms. The molecule has 1 amide bonds. The first-order valence-corrected chi connectivity index (χ1v) is 10.4. The minimum Gasteiger partial charge on any atom is -0.352 e. The summed E-state index contributed by atoms with van der Waals surface area (Å²) in [7, 11) is -2.26. The van der Waals surface area contributed by atoms with Crippen LogP contribution in [-0.2, 0) is 21.5 Å². The van der Waals surface area contributed by atoms with Crippen LogP contribution in [0.5, 0.6) is 0 Å². The van der Waals surface area contributed by atoms with E-state index in [4.69, 9.17) is 0 Å². The van der Waals surface area contributed by atoms with Crippen molar-refractivity contribution >= 4 is 16.1 Å². The number of aromatic nitrogens is 2. The van der Waals surface area contributed by atoms with Crippen molar-refractivity contribution in [1.82, 2.24) is 24.1 Å². The lowest BCUT2D eigenvalue weighted by Crippen LogP contribution is -2.58. The lowest BCUT2D eigenvalue weighted by molar-refractivity contribution is -0.126. The Hall–Kier alpha value is -1.45. The van der Waals surface area contributed by atoms with Crippen LogP contribution in [0.1, 0.15) is 56.3 Å². The van der Waals surface area contributed by atoms with E-state index in [-0.39, 0.29) is 11.9 Å². The topological polar surface area (TPSA) is 96.3 Å². The van der Waals surface area contributed by atoms with Gasteiger partial charge in [0.2, 0.25) is 5.91 Å². The second-order valence-corrected chi connectivity index (χ2v) is 8.72. The third-order valence-electron chi connectivity index (χ3n) is 5.26. The van der Waals surface area contributed by atoms with Gasteiger partial charge in [-0.3, -0.25) is 9.48 Å². The molecule has 3 rings (SSSR count). The molecule has 140 valence electrons. The van der Waals surface area contributed by atoms with Gasteiger partial charge in [-0.2, -0.15) is 22.5 Å². The molecule has 2 aliphatic rings. The van der Waals surface area contributed by atoms with E-state index in [9.17, 15) is 13.2 Å². The van der Waals surface area contributed by atoms with Gasteiger partial charge in [0.1, 0.15) is 6.04 Å². The number of hydrogen-bond donors (Lipinski definition) is 2. The van der Waals surface area contributed by atoms with Crippen LogP contribution in [0, 0.1) is 6.92 Å². The zero-order chi connectivity index (χ0) is 18.2. The van der Waals surface area contributed by atoms with Gasteiger partial charge in [-0.15, -0.1) is 0 Å². The third-order valence-corrected chi connectivity index (χ3v) is 6.85. The van der Waals surface area contributed by atoms with Gasteiger partial charge >= 0.3 is 0 Å². The molecule has 9 heteroatoms. The average Bonchev–Trinajstić information content (AvgIpc) is 3.19. The molecule has 2 atom stereocenters. The minimum absolute atomic E-state index is 0.168. The summed E-state index contributed by atoms with van der Waals surface area (Å²) in [5.74, 6) is -0.204. The van der Waals surface area contributed by atoms with Crippen molar-refractivity contribution in [2.75, 3.05) is 7.05 Å². The second kappa shape index (κ2) is 7.05. The van der Waals surface area contributed by atoms with E-state index in [0.717, 1.165) is 41.2 Å². The molecule has 0 spiro atoms. The molecule has 2 N–H and O–H groups in total. The first-order valence-electron chi connectivity index (χ1n) is 8.91. The number of nitrogens with one attached hydrogen (secondary N) is 2. The zero-order valence-electron chi connectivity index (χ0n) is 15.0. The molecule has 1 aliphatic heterocycles. The van der Waals surface area contributed by atoms with Crippen LogP contribution in [0.2, 0.25) is 0 Å². The Labute approximate surface area is 149 Å². The highest BCUT2D eigenvalue weighted by Crippen LogP contribution is 2.30. The molecule has 8 nitrogen and oxygen atoms in total. The molecule has 0 radical (unpaired) electrons. The van der Waals surface area contributed by atoms with Crippen LogP contribution in [0.4, 0.5) is 0 Å². The van der Waals surface area contributed by atoms with Crippen molar-refractivity contribution < 1.29 is 13.2 Å². The van der Waals surface area contributed by atoms with Crippen LogP contribution in [-0.4, -0.2) is 47.5 Å². The summed E-state index contributed by atoms with van der Waals surface area (Å²) in [6.45, 7) is 4.56. The van der Waals surface area contributed by atoms with Gasteiger partial charge in [-0.05, 0) is 33.1 Å². The molecule has 1 aromatic rings. The summed E-state index contributed by atoms with van der Waals surface area (Å²) in [4.78, 5) is 12.7. The fraction of sp³-hybridized carbons (Fsp3) is 0.750. The predicted molar refractivity (Wildman–Crippen MR) is 94.0 cm³/mol. The summed E-state index contributed by atoms with van der Waals surface area (Å²) in [5.41, 5.74) is 1.62. The second-order valence-electron chi connectivity index (χ2n) is 6.96.